The van der Waals surface area contributed by atoms with Crippen molar-refractivity contribution in [1.29, 1.82) is 0 Å². The molecule has 2 aromatic carbocycles. The van der Waals surface area contributed by atoms with Crippen LogP contribution >= 0.6 is 15.9 Å². The summed E-state index contributed by atoms with van der Waals surface area (Å²) in [5.41, 5.74) is 0.728. The van der Waals surface area contributed by atoms with Crippen molar-refractivity contribution in [2.45, 2.75) is 11.8 Å². The molecule has 0 aliphatic rings. The summed E-state index contributed by atoms with van der Waals surface area (Å²) in [6.45, 7) is 1.83. The number of hydrogen-bond donors (Lipinski definition) is 0. The molecule has 17 heavy (non-hydrogen) atoms. The number of hydrogen-bond acceptors (Lipinski definition) is 2. The van der Waals surface area contributed by atoms with E-state index in [0.717, 1.165) is 22.1 Å². The smallest absolute Gasteiger partial charge is 0.176 e. The van der Waals surface area contributed by atoms with Crippen molar-refractivity contribution in [2.24, 2.45) is 0 Å². The second-order valence-corrected chi connectivity index (χ2v) is 5.25. The number of carbonyl (C=O) groups is 1. The van der Waals surface area contributed by atoms with Gasteiger partial charge in [0.1, 0.15) is 5.75 Å². The van der Waals surface area contributed by atoms with Gasteiger partial charge in [-0.3, -0.25) is 4.79 Å². The maximum atomic E-state index is 12.1. The number of fused-ring (bicyclic) bond motifs is 1. The third kappa shape index (κ3) is 2.34. The number of ether oxygens (including phenoxy) is 1. The van der Waals surface area contributed by atoms with E-state index in [0.29, 0.717) is 0 Å². The third-order valence-electron chi connectivity index (χ3n) is 2.72. The first-order valence-corrected chi connectivity index (χ1v) is 6.30. The van der Waals surface area contributed by atoms with E-state index < -0.39 is 0 Å². The number of carbonyl (C=O) groups excluding carboxylic acids is 1. The molecule has 0 saturated heterocycles. The van der Waals surface area contributed by atoms with Gasteiger partial charge in [-0.1, -0.05) is 40.2 Å². The third-order valence-corrected chi connectivity index (χ3v) is 3.13. The summed E-state index contributed by atoms with van der Waals surface area (Å²) in [6, 6.07) is 11.5. The van der Waals surface area contributed by atoms with E-state index in [-0.39, 0.29) is 10.6 Å². The quantitative estimate of drug-likeness (QED) is 0.635. The standard InChI is InChI=1S/C14H13BrO2/c1-9(15)14(16)12-5-3-4-10-6-7-11(17-2)8-13(10)12/h3-9H,1-2H3. The zero-order valence-electron chi connectivity index (χ0n) is 9.74. The molecule has 88 valence electrons. The molecule has 0 amide bonds. The van der Waals surface area contributed by atoms with Crippen LogP contribution in [0.25, 0.3) is 10.8 Å². The molecule has 2 rings (SSSR count). The minimum absolute atomic E-state index is 0.0869. The molecule has 1 unspecified atom stereocenters. The summed E-state index contributed by atoms with van der Waals surface area (Å²) in [5.74, 6) is 0.851. The Balaban J connectivity index is 2.66. The summed E-state index contributed by atoms with van der Waals surface area (Å²) in [4.78, 5) is 11.9. The van der Waals surface area contributed by atoms with E-state index in [1.54, 1.807) is 7.11 Å². The summed E-state index contributed by atoms with van der Waals surface area (Å²) in [5, 5.41) is 1.98. The summed E-state index contributed by atoms with van der Waals surface area (Å²) in [6.07, 6.45) is 0. The van der Waals surface area contributed by atoms with Crippen LogP contribution in [-0.4, -0.2) is 17.7 Å². The van der Waals surface area contributed by atoms with Gasteiger partial charge in [0.05, 0.1) is 11.9 Å². The molecule has 3 heteroatoms. The van der Waals surface area contributed by atoms with E-state index in [2.05, 4.69) is 15.9 Å². The fourth-order valence-electron chi connectivity index (χ4n) is 1.81. The van der Waals surface area contributed by atoms with Crippen molar-refractivity contribution in [3.63, 3.8) is 0 Å². The summed E-state index contributed by atoms with van der Waals surface area (Å²) < 4.78 is 5.19. The zero-order valence-corrected chi connectivity index (χ0v) is 11.3. The summed E-state index contributed by atoms with van der Waals surface area (Å²) in [7, 11) is 1.62. The van der Waals surface area contributed by atoms with E-state index >= 15 is 0 Å². The molecule has 0 saturated carbocycles. The Morgan fingerprint density at radius 3 is 2.71 bits per heavy atom. The zero-order chi connectivity index (χ0) is 12.4. The molecule has 0 fully saturated rings. The lowest BCUT2D eigenvalue weighted by Gasteiger charge is -2.08. The van der Waals surface area contributed by atoms with Gasteiger partial charge in [0.2, 0.25) is 0 Å². The molecule has 0 spiro atoms. The lowest BCUT2D eigenvalue weighted by Crippen LogP contribution is -2.10. The lowest BCUT2D eigenvalue weighted by molar-refractivity contribution is 0.0997. The van der Waals surface area contributed by atoms with Crippen LogP contribution in [0.5, 0.6) is 5.75 Å². The molecule has 0 radical (unpaired) electrons. The topological polar surface area (TPSA) is 26.3 Å². The van der Waals surface area contributed by atoms with Gasteiger partial charge < -0.3 is 4.74 Å². The Morgan fingerprint density at radius 1 is 1.29 bits per heavy atom. The van der Waals surface area contributed by atoms with Crippen LogP contribution in [0.1, 0.15) is 17.3 Å². The van der Waals surface area contributed by atoms with Gasteiger partial charge in [-0.2, -0.15) is 0 Å². The number of methoxy groups -OCH3 is 1. The lowest BCUT2D eigenvalue weighted by atomic mass is 10.00. The molecule has 0 heterocycles. The highest BCUT2D eigenvalue weighted by molar-refractivity contribution is 9.10. The van der Waals surface area contributed by atoms with Crippen LogP contribution in [0.4, 0.5) is 0 Å². The van der Waals surface area contributed by atoms with E-state index in [1.807, 2.05) is 43.3 Å². The average molecular weight is 293 g/mol. The first-order chi connectivity index (χ1) is 8.13. The molecule has 0 aliphatic heterocycles. The normalized spacial score (nSPS) is 12.4. The van der Waals surface area contributed by atoms with Gasteiger partial charge in [0.25, 0.3) is 0 Å². The van der Waals surface area contributed by atoms with Crippen molar-refractivity contribution in [1.82, 2.24) is 0 Å². The van der Waals surface area contributed by atoms with E-state index in [9.17, 15) is 4.79 Å². The minimum atomic E-state index is -0.181. The van der Waals surface area contributed by atoms with Crippen LogP contribution in [0.15, 0.2) is 36.4 Å². The minimum Gasteiger partial charge on any atom is -0.497 e. The second kappa shape index (κ2) is 4.88. The monoisotopic (exact) mass is 292 g/mol. The Bertz CT molecular complexity index is 561. The highest BCUT2D eigenvalue weighted by atomic mass is 79.9. The predicted octanol–water partition coefficient (Wildman–Crippen LogP) is 3.81. The molecule has 0 bridgehead atoms. The number of benzene rings is 2. The first kappa shape index (κ1) is 12.1. The molecular weight excluding hydrogens is 280 g/mol. The van der Waals surface area contributed by atoms with E-state index in [4.69, 9.17) is 4.74 Å². The van der Waals surface area contributed by atoms with Crippen LogP contribution in [0, 0.1) is 0 Å². The van der Waals surface area contributed by atoms with Gasteiger partial charge in [0.15, 0.2) is 5.78 Å². The SMILES string of the molecule is COc1ccc2cccc(C(=O)C(C)Br)c2c1. The number of alkyl halides is 1. The van der Waals surface area contributed by atoms with Crippen LogP contribution in [-0.2, 0) is 0 Å². The van der Waals surface area contributed by atoms with Crippen LogP contribution in [0.2, 0.25) is 0 Å². The summed E-state index contributed by atoms with van der Waals surface area (Å²) >= 11 is 3.32. The Hall–Kier alpha value is -1.35. The second-order valence-electron chi connectivity index (χ2n) is 3.87. The van der Waals surface area contributed by atoms with Crippen molar-refractivity contribution in [3.05, 3.63) is 42.0 Å². The van der Waals surface area contributed by atoms with Gasteiger partial charge in [-0.05, 0) is 29.8 Å². The van der Waals surface area contributed by atoms with Crippen molar-refractivity contribution in [3.8, 4) is 5.75 Å². The van der Waals surface area contributed by atoms with Crippen LogP contribution < -0.4 is 4.74 Å². The fourth-order valence-corrected chi connectivity index (χ4v) is 2.05. The van der Waals surface area contributed by atoms with Gasteiger partial charge in [-0.25, -0.2) is 0 Å². The molecule has 2 nitrogen and oxygen atoms in total. The largest absolute Gasteiger partial charge is 0.497 e. The van der Waals surface area contributed by atoms with Gasteiger partial charge >= 0.3 is 0 Å². The molecular formula is C14H13BrO2. The fraction of sp³-hybridized carbons (Fsp3) is 0.214. The van der Waals surface area contributed by atoms with Crippen LogP contribution in [0.3, 0.4) is 0 Å². The molecule has 2 aromatic rings. The molecule has 1 atom stereocenters. The van der Waals surface area contributed by atoms with E-state index in [1.165, 1.54) is 0 Å². The number of ketones is 1. The Kier molecular flexibility index (Phi) is 3.48. The van der Waals surface area contributed by atoms with Crippen molar-refractivity contribution in [2.75, 3.05) is 7.11 Å². The average Bonchev–Trinajstić information content (AvgIpc) is 2.36. The van der Waals surface area contributed by atoms with Gasteiger partial charge in [0, 0.05) is 5.56 Å². The maximum absolute atomic E-state index is 12.1. The number of Topliss-reactive ketones (excluding diaryl/α,β-unsaturated/α-hetero) is 1. The highest BCUT2D eigenvalue weighted by Gasteiger charge is 2.14. The maximum Gasteiger partial charge on any atom is 0.176 e. The highest BCUT2D eigenvalue weighted by Crippen LogP contribution is 2.25. The molecule has 0 N–H and O–H groups in total. The Morgan fingerprint density at radius 2 is 2.06 bits per heavy atom. The number of halogens is 1. The Labute approximate surface area is 109 Å². The van der Waals surface area contributed by atoms with Crippen molar-refractivity contribution < 1.29 is 9.53 Å². The first-order valence-electron chi connectivity index (χ1n) is 5.38. The molecule has 0 aliphatic carbocycles. The van der Waals surface area contributed by atoms with Crippen molar-refractivity contribution >= 4 is 32.5 Å². The number of rotatable bonds is 3. The van der Waals surface area contributed by atoms with Gasteiger partial charge in [-0.15, -0.1) is 0 Å². The molecule has 0 aromatic heterocycles. The predicted molar refractivity (Wildman–Crippen MR) is 73.2 cm³/mol.